The second kappa shape index (κ2) is 9.43. The van der Waals surface area contributed by atoms with Crippen LogP contribution in [-0.4, -0.2) is 18.2 Å². The van der Waals surface area contributed by atoms with Crippen molar-refractivity contribution in [3.8, 4) is 24.2 Å². The second-order valence-corrected chi connectivity index (χ2v) is 6.44. The number of carboxylic acids is 1. The van der Waals surface area contributed by atoms with Crippen LogP contribution in [0.5, 0.6) is 0 Å². The molecule has 1 N–H and O–H groups in total. The molecule has 146 valence electrons. The van der Waals surface area contributed by atoms with Gasteiger partial charge in [-0.1, -0.05) is 96.6 Å². The van der Waals surface area contributed by atoms with Gasteiger partial charge in [0.15, 0.2) is 5.60 Å². The van der Waals surface area contributed by atoms with Crippen LogP contribution >= 0.6 is 0 Å². The number of aromatic carboxylic acids is 1. The molecule has 3 heteroatoms. The average molecular weight is 392 g/mol. The fourth-order valence-electron chi connectivity index (χ4n) is 3.27. The van der Waals surface area contributed by atoms with Crippen molar-refractivity contribution in [2.75, 3.05) is 7.11 Å². The molecule has 0 atom stereocenters. The molecule has 0 aromatic heterocycles. The van der Waals surface area contributed by atoms with Crippen molar-refractivity contribution in [2.45, 2.75) is 5.60 Å². The fraction of sp³-hybridized carbons (Fsp3) is 0.0741. The fourth-order valence-corrected chi connectivity index (χ4v) is 3.27. The van der Waals surface area contributed by atoms with Gasteiger partial charge in [0.1, 0.15) is 0 Å². The number of allylic oxidation sites excluding steroid dienone is 2. The highest BCUT2D eigenvalue weighted by atomic mass is 16.5. The first-order valence-corrected chi connectivity index (χ1v) is 9.30. The number of carboxylic acid groups (broad SMARTS) is 1. The molecule has 3 aromatic carbocycles. The van der Waals surface area contributed by atoms with Gasteiger partial charge in [-0.2, -0.15) is 0 Å². The Balaban J connectivity index is 2.23. The van der Waals surface area contributed by atoms with E-state index in [9.17, 15) is 9.90 Å². The van der Waals surface area contributed by atoms with Gasteiger partial charge in [-0.25, -0.2) is 4.79 Å². The molecule has 0 unspecified atom stereocenters. The average Bonchev–Trinajstić information content (AvgIpc) is 2.80. The first kappa shape index (κ1) is 20.7. The second-order valence-electron chi connectivity index (χ2n) is 6.44. The highest BCUT2D eigenvalue weighted by molar-refractivity contribution is 5.97. The number of ether oxygens (including phenoxy) is 1. The zero-order valence-electron chi connectivity index (χ0n) is 16.5. The number of hydrogen-bond donors (Lipinski definition) is 1. The Labute approximate surface area is 176 Å². The molecule has 0 radical (unpaired) electrons. The van der Waals surface area contributed by atoms with Gasteiger partial charge in [-0.3, -0.25) is 0 Å². The van der Waals surface area contributed by atoms with Crippen molar-refractivity contribution >= 4 is 11.5 Å². The smallest absolute Gasteiger partial charge is 0.336 e. The van der Waals surface area contributed by atoms with Crippen molar-refractivity contribution in [3.05, 3.63) is 113 Å². The van der Waals surface area contributed by atoms with Gasteiger partial charge in [0.05, 0.1) is 5.56 Å². The van der Waals surface area contributed by atoms with E-state index in [-0.39, 0.29) is 5.56 Å². The highest BCUT2D eigenvalue weighted by Crippen LogP contribution is 2.33. The van der Waals surface area contributed by atoms with Gasteiger partial charge in [0.25, 0.3) is 0 Å². The minimum Gasteiger partial charge on any atom is -0.478 e. The highest BCUT2D eigenvalue weighted by Gasteiger charge is 2.32. The lowest BCUT2D eigenvalue weighted by atomic mass is 9.86. The lowest BCUT2D eigenvalue weighted by Crippen LogP contribution is -2.28. The van der Waals surface area contributed by atoms with E-state index in [1.165, 1.54) is 12.1 Å². The number of benzene rings is 3. The van der Waals surface area contributed by atoms with Crippen LogP contribution in [0.25, 0.3) is 5.57 Å². The van der Waals surface area contributed by atoms with Gasteiger partial charge in [-0.05, 0) is 6.07 Å². The SMILES string of the molecule is C#C/C=C(/C#CC(OC)(c1ccccc1)c1ccccc1)c1ccccc1C(=O)O. The molecule has 0 aliphatic rings. The van der Waals surface area contributed by atoms with Crippen molar-refractivity contribution < 1.29 is 14.6 Å². The molecular formula is C27H20O3. The molecule has 0 heterocycles. The van der Waals surface area contributed by atoms with Gasteiger partial charge in [-0.15, -0.1) is 6.42 Å². The van der Waals surface area contributed by atoms with Crippen LogP contribution in [0.2, 0.25) is 0 Å². The molecule has 0 spiro atoms. The van der Waals surface area contributed by atoms with E-state index in [1.807, 2.05) is 60.7 Å². The molecule has 3 nitrogen and oxygen atoms in total. The summed E-state index contributed by atoms with van der Waals surface area (Å²) in [6, 6.07) is 26.0. The molecule has 3 aromatic rings. The predicted molar refractivity (Wildman–Crippen MR) is 119 cm³/mol. The quantitative estimate of drug-likeness (QED) is 0.622. The third-order valence-electron chi connectivity index (χ3n) is 4.72. The third kappa shape index (κ3) is 4.18. The minimum atomic E-state index is -1.05. The molecule has 0 fully saturated rings. The monoisotopic (exact) mass is 392 g/mol. The Hall–Kier alpha value is -4.05. The number of hydrogen-bond acceptors (Lipinski definition) is 2. The summed E-state index contributed by atoms with van der Waals surface area (Å²) in [6.07, 6.45) is 6.99. The number of methoxy groups -OCH3 is 1. The largest absolute Gasteiger partial charge is 0.478 e. The van der Waals surface area contributed by atoms with Crippen molar-refractivity contribution in [2.24, 2.45) is 0 Å². The summed E-state index contributed by atoms with van der Waals surface area (Å²) in [5, 5.41) is 9.56. The van der Waals surface area contributed by atoms with Crippen molar-refractivity contribution in [1.29, 1.82) is 0 Å². The van der Waals surface area contributed by atoms with E-state index in [0.29, 0.717) is 11.1 Å². The van der Waals surface area contributed by atoms with Gasteiger partial charge < -0.3 is 9.84 Å². The Morgan fingerprint density at radius 3 is 1.87 bits per heavy atom. The summed E-state index contributed by atoms with van der Waals surface area (Å²) in [4.78, 5) is 11.7. The molecule has 0 saturated heterocycles. The van der Waals surface area contributed by atoms with Crippen LogP contribution in [0, 0.1) is 24.2 Å². The minimum absolute atomic E-state index is 0.135. The van der Waals surface area contributed by atoms with Gasteiger partial charge in [0, 0.05) is 35.4 Å². The summed E-state index contributed by atoms with van der Waals surface area (Å²) in [5.74, 6) is 7.76. The van der Waals surface area contributed by atoms with Gasteiger partial charge >= 0.3 is 5.97 Å². The topological polar surface area (TPSA) is 46.5 Å². The summed E-state index contributed by atoms with van der Waals surface area (Å²) in [5.41, 5.74) is 1.70. The van der Waals surface area contributed by atoms with E-state index in [0.717, 1.165) is 11.1 Å². The first-order valence-electron chi connectivity index (χ1n) is 9.30. The maximum Gasteiger partial charge on any atom is 0.336 e. The van der Waals surface area contributed by atoms with E-state index >= 15 is 0 Å². The van der Waals surface area contributed by atoms with Crippen LogP contribution in [0.15, 0.2) is 91.0 Å². The van der Waals surface area contributed by atoms with E-state index in [2.05, 4.69) is 17.8 Å². The lowest BCUT2D eigenvalue weighted by molar-refractivity contribution is 0.0696. The lowest BCUT2D eigenvalue weighted by Gasteiger charge is -2.28. The Kier molecular flexibility index (Phi) is 6.50. The molecule has 0 aliphatic heterocycles. The molecule has 3 rings (SSSR count). The summed E-state index contributed by atoms with van der Waals surface area (Å²) in [7, 11) is 1.60. The maximum atomic E-state index is 11.7. The van der Waals surface area contributed by atoms with Gasteiger partial charge in [0.2, 0.25) is 0 Å². The zero-order valence-corrected chi connectivity index (χ0v) is 16.5. The predicted octanol–water partition coefficient (Wildman–Crippen LogP) is 5.00. The summed E-state index contributed by atoms with van der Waals surface area (Å²) >= 11 is 0. The first-order chi connectivity index (χ1) is 14.6. The third-order valence-corrected chi connectivity index (χ3v) is 4.72. The molecule has 0 amide bonds. The molecule has 0 aliphatic carbocycles. The molecule has 0 saturated carbocycles. The molecular weight excluding hydrogens is 372 g/mol. The normalized spacial score (nSPS) is 11.1. The van der Waals surface area contributed by atoms with E-state index in [1.54, 1.807) is 25.3 Å². The van der Waals surface area contributed by atoms with Crippen molar-refractivity contribution in [3.63, 3.8) is 0 Å². The van der Waals surface area contributed by atoms with Crippen LogP contribution < -0.4 is 0 Å². The Morgan fingerprint density at radius 2 is 1.40 bits per heavy atom. The molecule has 0 bridgehead atoms. The van der Waals surface area contributed by atoms with E-state index in [4.69, 9.17) is 11.2 Å². The number of carbonyl (C=O) groups is 1. The molecule has 30 heavy (non-hydrogen) atoms. The standard InChI is InChI=1S/C27H20O3/c1-3-12-21(24-17-10-11-18-25(24)26(28)29)19-20-27(30-2,22-13-6-4-7-14-22)23-15-8-5-9-16-23/h1,4-18H,2H3,(H,28,29)/b21-12-. The van der Waals surface area contributed by atoms with Crippen LogP contribution in [0.1, 0.15) is 27.0 Å². The Morgan fingerprint density at radius 1 is 0.900 bits per heavy atom. The maximum absolute atomic E-state index is 11.7. The number of rotatable bonds is 5. The zero-order chi connectivity index (χ0) is 21.4. The summed E-state index contributed by atoms with van der Waals surface area (Å²) in [6.45, 7) is 0. The van der Waals surface area contributed by atoms with Crippen LogP contribution in [-0.2, 0) is 10.3 Å². The van der Waals surface area contributed by atoms with Crippen LogP contribution in [0.3, 0.4) is 0 Å². The number of terminal acetylenes is 1. The van der Waals surface area contributed by atoms with Crippen molar-refractivity contribution in [1.82, 2.24) is 0 Å². The summed E-state index contributed by atoms with van der Waals surface area (Å²) < 4.78 is 5.98. The van der Waals surface area contributed by atoms with E-state index < -0.39 is 11.6 Å². The van der Waals surface area contributed by atoms with Crippen LogP contribution in [0.4, 0.5) is 0 Å². The Bertz CT molecular complexity index is 1120.